The fourth-order valence-electron chi connectivity index (χ4n) is 1.99. The first-order valence-electron chi connectivity index (χ1n) is 5.69. The molecule has 2 nitrogen and oxygen atoms in total. The summed E-state index contributed by atoms with van der Waals surface area (Å²) in [7, 11) is 1.73. The molecule has 1 rings (SSSR count). The molecule has 0 amide bonds. The highest BCUT2D eigenvalue weighted by atomic mass is 16.5. The molecule has 0 spiro atoms. The van der Waals surface area contributed by atoms with Crippen LogP contribution >= 0.6 is 0 Å². The van der Waals surface area contributed by atoms with Crippen LogP contribution in [0.1, 0.15) is 52.4 Å². The molecule has 0 aromatic carbocycles. The van der Waals surface area contributed by atoms with Crippen LogP contribution in [-0.4, -0.2) is 18.5 Å². The minimum atomic E-state index is -0.0788. The summed E-state index contributed by atoms with van der Waals surface area (Å²) in [5.41, 5.74) is -0.0788. The Morgan fingerprint density at radius 3 is 2.50 bits per heavy atom. The second kappa shape index (κ2) is 4.92. The molecular formula is C12H22O2. The highest BCUT2D eigenvalue weighted by molar-refractivity contribution is 5.79. The summed E-state index contributed by atoms with van der Waals surface area (Å²) in [4.78, 5) is 11.7. The summed E-state index contributed by atoms with van der Waals surface area (Å²) in [6.45, 7) is 4.27. The van der Waals surface area contributed by atoms with Crippen molar-refractivity contribution in [1.82, 2.24) is 0 Å². The third-order valence-corrected chi connectivity index (χ3v) is 3.49. The quantitative estimate of drug-likeness (QED) is 0.656. The molecule has 0 aromatic rings. The maximum atomic E-state index is 11.7. The van der Waals surface area contributed by atoms with Crippen molar-refractivity contribution >= 4 is 5.78 Å². The molecule has 14 heavy (non-hydrogen) atoms. The van der Waals surface area contributed by atoms with Crippen molar-refractivity contribution in [3.05, 3.63) is 0 Å². The average Bonchev–Trinajstić information content (AvgIpc) is 2.11. The van der Waals surface area contributed by atoms with Crippen LogP contribution in [0.3, 0.4) is 0 Å². The molecule has 0 saturated heterocycles. The summed E-state index contributed by atoms with van der Waals surface area (Å²) in [6, 6.07) is 0. The van der Waals surface area contributed by atoms with Gasteiger partial charge in [-0.05, 0) is 25.2 Å². The first-order chi connectivity index (χ1) is 6.62. The molecule has 1 fully saturated rings. The number of methoxy groups -OCH3 is 1. The predicted octanol–water partition coefficient (Wildman–Crippen LogP) is 2.95. The van der Waals surface area contributed by atoms with E-state index in [0.717, 1.165) is 25.7 Å². The summed E-state index contributed by atoms with van der Waals surface area (Å²) in [5, 5.41) is 0. The van der Waals surface area contributed by atoms with Gasteiger partial charge in [0, 0.05) is 20.0 Å². The number of ketones is 1. The van der Waals surface area contributed by atoms with Crippen LogP contribution in [0.15, 0.2) is 0 Å². The van der Waals surface area contributed by atoms with Gasteiger partial charge in [-0.25, -0.2) is 0 Å². The van der Waals surface area contributed by atoms with Crippen molar-refractivity contribution in [2.45, 2.75) is 58.0 Å². The SMILES string of the molecule is CCC(C)CC(=O)CC1(OC)CCC1. The Hall–Kier alpha value is -0.370. The molecule has 1 aliphatic carbocycles. The lowest BCUT2D eigenvalue weighted by Gasteiger charge is -2.40. The number of carbonyl (C=O) groups is 1. The van der Waals surface area contributed by atoms with E-state index < -0.39 is 0 Å². The monoisotopic (exact) mass is 198 g/mol. The lowest BCUT2D eigenvalue weighted by Crippen LogP contribution is -2.41. The van der Waals surface area contributed by atoms with Gasteiger partial charge in [0.15, 0.2) is 0 Å². The smallest absolute Gasteiger partial charge is 0.136 e. The van der Waals surface area contributed by atoms with Crippen LogP contribution in [0.2, 0.25) is 0 Å². The van der Waals surface area contributed by atoms with Crippen LogP contribution in [0.4, 0.5) is 0 Å². The highest BCUT2D eigenvalue weighted by Crippen LogP contribution is 2.38. The minimum Gasteiger partial charge on any atom is -0.378 e. The average molecular weight is 198 g/mol. The first kappa shape index (κ1) is 11.7. The van der Waals surface area contributed by atoms with Gasteiger partial charge in [-0.15, -0.1) is 0 Å². The predicted molar refractivity (Wildman–Crippen MR) is 57.3 cm³/mol. The number of Topliss-reactive ketones (excluding diaryl/α,β-unsaturated/α-hetero) is 1. The van der Waals surface area contributed by atoms with E-state index in [0.29, 0.717) is 18.1 Å². The van der Waals surface area contributed by atoms with Gasteiger partial charge in [0.2, 0.25) is 0 Å². The zero-order valence-electron chi connectivity index (χ0n) is 9.64. The van der Waals surface area contributed by atoms with Crippen LogP contribution in [-0.2, 0) is 9.53 Å². The van der Waals surface area contributed by atoms with E-state index >= 15 is 0 Å². The van der Waals surface area contributed by atoms with E-state index in [4.69, 9.17) is 4.74 Å². The normalized spacial score (nSPS) is 21.4. The fourth-order valence-corrected chi connectivity index (χ4v) is 1.99. The minimum absolute atomic E-state index is 0.0788. The zero-order valence-corrected chi connectivity index (χ0v) is 9.64. The van der Waals surface area contributed by atoms with Gasteiger partial charge < -0.3 is 4.74 Å². The highest BCUT2D eigenvalue weighted by Gasteiger charge is 2.38. The Balaban J connectivity index is 2.32. The van der Waals surface area contributed by atoms with E-state index in [-0.39, 0.29) is 5.60 Å². The van der Waals surface area contributed by atoms with Gasteiger partial charge in [0.25, 0.3) is 0 Å². The number of rotatable bonds is 6. The van der Waals surface area contributed by atoms with E-state index in [9.17, 15) is 4.79 Å². The van der Waals surface area contributed by atoms with Crippen molar-refractivity contribution in [2.75, 3.05) is 7.11 Å². The Labute approximate surface area is 87.0 Å². The second-order valence-electron chi connectivity index (χ2n) is 4.67. The van der Waals surface area contributed by atoms with E-state index in [1.807, 2.05) is 0 Å². The number of carbonyl (C=O) groups excluding carboxylic acids is 1. The molecule has 1 unspecified atom stereocenters. The number of hydrogen-bond acceptors (Lipinski definition) is 2. The third kappa shape index (κ3) is 2.81. The molecule has 0 bridgehead atoms. The summed E-state index contributed by atoms with van der Waals surface area (Å²) in [6.07, 6.45) is 5.79. The maximum absolute atomic E-state index is 11.7. The molecule has 0 heterocycles. The molecule has 1 atom stereocenters. The molecule has 0 aromatic heterocycles. The Morgan fingerprint density at radius 1 is 1.50 bits per heavy atom. The molecular weight excluding hydrogens is 176 g/mol. The molecule has 0 aliphatic heterocycles. The summed E-state index contributed by atoms with van der Waals surface area (Å²) >= 11 is 0. The number of hydrogen-bond donors (Lipinski definition) is 0. The van der Waals surface area contributed by atoms with Gasteiger partial charge in [0.1, 0.15) is 5.78 Å². The van der Waals surface area contributed by atoms with Gasteiger partial charge in [-0.3, -0.25) is 4.79 Å². The standard InChI is InChI=1S/C12H22O2/c1-4-10(2)8-11(13)9-12(14-3)6-5-7-12/h10H,4-9H2,1-3H3. The van der Waals surface area contributed by atoms with Crippen molar-refractivity contribution in [1.29, 1.82) is 0 Å². The van der Waals surface area contributed by atoms with Gasteiger partial charge in [-0.2, -0.15) is 0 Å². The summed E-state index contributed by atoms with van der Waals surface area (Å²) in [5.74, 6) is 0.900. The van der Waals surface area contributed by atoms with Gasteiger partial charge in [-0.1, -0.05) is 20.3 Å². The number of ether oxygens (including phenoxy) is 1. The van der Waals surface area contributed by atoms with Gasteiger partial charge >= 0.3 is 0 Å². The zero-order chi connectivity index (χ0) is 10.6. The summed E-state index contributed by atoms with van der Waals surface area (Å²) < 4.78 is 5.44. The molecule has 0 radical (unpaired) electrons. The Morgan fingerprint density at radius 2 is 2.14 bits per heavy atom. The van der Waals surface area contributed by atoms with Gasteiger partial charge in [0.05, 0.1) is 5.60 Å². The maximum Gasteiger partial charge on any atom is 0.136 e. The molecule has 0 N–H and O–H groups in total. The molecule has 1 saturated carbocycles. The fraction of sp³-hybridized carbons (Fsp3) is 0.917. The second-order valence-corrected chi connectivity index (χ2v) is 4.67. The molecule has 82 valence electrons. The van der Waals surface area contributed by atoms with Crippen molar-refractivity contribution < 1.29 is 9.53 Å². The van der Waals surface area contributed by atoms with Crippen molar-refractivity contribution in [3.63, 3.8) is 0 Å². The first-order valence-corrected chi connectivity index (χ1v) is 5.69. The topological polar surface area (TPSA) is 26.3 Å². The molecule has 1 aliphatic rings. The van der Waals surface area contributed by atoms with Crippen molar-refractivity contribution in [3.8, 4) is 0 Å². The largest absolute Gasteiger partial charge is 0.378 e. The lowest BCUT2D eigenvalue weighted by molar-refractivity contribution is -0.133. The van der Waals surface area contributed by atoms with Crippen LogP contribution in [0, 0.1) is 5.92 Å². The third-order valence-electron chi connectivity index (χ3n) is 3.49. The van der Waals surface area contributed by atoms with E-state index in [2.05, 4.69) is 13.8 Å². The van der Waals surface area contributed by atoms with E-state index in [1.54, 1.807) is 7.11 Å². The van der Waals surface area contributed by atoms with Crippen LogP contribution < -0.4 is 0 Å². The molecule has 2 heteroatoms. The Kier molecular flexibility index (Phi) is 4.11. The van der Waals surface area contributed by atoms with Crippen molar-refractivity contribution in [2.24, 2.45) is 5.92 Å². The van der Waals surface area contributed by atoms with E-state index in [1.165, 1.54) is 6.42 Å². The Bertz CT molecular complexity index is 189. The lowest BCUT2D eigenvalue weighted by atomic mass is 9.75. The van der Waals surface area contributed by atoms with Crippen LogP contribution in [0.25, 0.3) is 0 Å². The van der Waals surface area contributed by atoms with Crippen LogP contribution in [0.5, 0.6) is 0 Å².